The van der Waals surface area contributed by atoms with Crippen LogP contribution in [0, 0.1) is 0 Å². The zero-order chi connectivity index (χ0) is 14.0. The van der Waals surface area contributed by atoms with E-state index < -0.39 is 10.0 Å². The molecule has 19 heavy (non-hydrogen) atoms. The van der Waals surface area contributed by atoms with Gasteiger partial charge in [-0.1, -0.05) is 6.07 Å². The van der Waals surface area contributed by atoms with Crippen LogP contribution >= 0.6 is 11.6 Å². The minimum atomic E-state index is -3.48. The fourth-order valence-electron chi connectivity index (χ4n) is 2.13. The third-order valence-electron chi connectivity index (χ3n) is 3.41. The maximum atomic E-state index is 12.4. The lowest BCUT2D eigenvalue weighted by atomic mass is 10.2. The summed E-state index contributed by atoms with van der Waals surface area (Å²) >= 11 is 5.67. The maximum absolute atomic E-state index is 12.4. The van der Waals surface area contributed by atoms with Crippen molar-refractivity contribution in [1.29, 1.82) is 0 Å². The summed E-state index contributed by atoms with van der Waals surface area (Å²) in [7, 11) is 0.455. The third kappa shape index (κ3) is 3.08. The molecule has 7 heteroatoms. The Labute approximate surface area is 119 Å². The molecule has 2 heterocycles. The normalized spacial score (nSPS) is 21.2. The first-order valence-corrected chi connectivity index (χ1v) is 8.10. The molecule has 0 spiro atoms. The van der Waals surface area contributed by atoms with Crippen LogP contribution in [0.4, 0.5) is 0 Å². The molecule has 1 aromatic heterocycles. The smallest absolute Gasteiger partial charge is 0.260 e. The van der Waals surface area contributed by atoms with E-state index in [1.165, 1.54) is 16.6 Å². The average Bonchev–Trinajstić information content (AvgIpc) is 2.89. The van der Waals surface area contributed by atoms with E-state index in [0.29, 0.717) is 19.0 Å². The number of alkyl halides is 1. The Bertz CT molecular complexity index is 530. The van der Waals surface area contributed by atoms with Crippen molar-refractivity contribution in [2.75, 3.05) is 27.2 Å². The van der Waals surface area contributed by atoms with E-state index in [9.17, 15) is 8.42 Å². The van der Waals surface area contributed by atoms with Gasteiger partial charge >= 0.3 is 0 Å². The molecule has 0 aliphatic carbocycles. The van der Waals surface area contributed by atoms with Gasteiger partial charge in [-0.3, -0.25) is 0 Å². The topological polar surface area (TPSA) is 53.5 Å². The summed E-state index contributed by atoms with van der Waals surface area (Å²) in [6.07, 6.45) is 2.37. The first-order chi connectivity index (χ1) is 8.95. The molecule has 1 aliphatic heterocycles. The number of hydrogen-bond donors (Lipinski definition) is 0. The SMILES string of the molecule is CN(C)C1CCN(S(=O)(=O)c2ccc(CCl)cn2)C1. The van der Waals surface area contributed by atoms with Gasteiger partial charge in [-0.05, 0) is 32.1 Å². The maximum Gasteiger partial charge on any atom is 0.260 e. The molecule has 1 atom stereocenters. The summed E-state index contributed by atoms with van der Waals surface area (Å²) in [6, 6.07) is 3.50. The number of likely N-dealkylation sites (N-methyl/N-ethyl adjacent to an activating group) is 1. The molecule has 1 unspecified atom stereocenters. The Morgan fingerprint density at radius 1 is 1.47 bits per heavy atom. The second-order valence-corrected chi connectivity index (χ2v) is 7.06. The third-order valence-corrected chi connectivity index (χ3v) is 5.50. The number of sulfonamides is 1. The zero-order valence-corrected chi connectivity index (χ0v) is 12.7. The molecule has 0 saturated carbocycles. The molecule has 5 nitrogen and oxygen atoms in total. The van der Waals surface area contributed by atoms with Gasteiger partial charge in [0.05, 0.1) is 0 Å². The van der Waals surface area contributed by atoms with Gasteiger partial charge < -0.3 is 4.90 Å². The Morgan fingerprint density at radius 3 is 2.68 bits per heavy atom. The molecule has 0 amide bonds. The summed E-state index contributed by atoms with van der Waals surface area (Å²) in [4.78, 5) is 6.06. The highest BCUT2D eigenvalue weighted by molar-refractivity contribution is 7.89. The first kappa shape index (κ1) is 14.7. The molecule has 1 saturated heterocycles. The molecule has 0 bridgehead atoms. The van der Waals surface area contributed by atoms with Gasteiger partial charge in [-0.25, -0.2) is 13.4 Å². The highest BCUT2D eigenvalue weighted by Gasteiger charge is 2.34. The Kier molecular flexibility index (Phi) is 4.45. The van der Waals surface area contributed by atoms with E-state index in [-0.39, 0.29) is 11.1 Å². The van der Waals surface area contributed by atoms with Gasteiger partial charge in [0.25, 0.3) is 10.0 Å². The summed E-state index contributed by atoms with van der Waals surface area (Å²) in [5.41, 5.74) is 0.813. The lowest BCUT2D eigenvalue weighted by molar-refractivity contribution is 0.302. The molecule has 0 N–H and O–H groups in total. The van der Waals surface area contributed by atoms with Crippen LogP contribution < -0.4 is 0 Å². The number of hydrogen-bond acceptors (Lipinski definition) is 4. The van der Waals surface area contributed by atoms with Crippen molar-refractivity contribution in [3.8, 4) is 0 Å². The molecule has 0 aromatic carbocycles. The Hall–Kier alpha value is -0.690. The number of rotatable bonds is 4. The lowest BCUT2D eigenvalue weighted by Gasteiger charge is -2.20. The minimum absolute atomic E-state index is 0.0979. The zero-order valence-electron chi connectivity index (χ0n) is 11.1. The van der Waals surface area contributed by atoms with Crippen LogP contribution in [0.2, 0.25) is 0 Å². The van der Waals surface area contributed by atoms with Crippen molar-refractivity contribution in [2.24, 2.45) is 0 Å². The van der Waals surface area contributed by atoms with Crippen LogP contribution in [-0.2, 0) is 15.9 Å². The monoisotopic (exact) mass is 303 g/mol. The van der Waals surface area contributed by atoms with Gasteiger partial charge in [0.15, 0.2) is 5.03 Å². The standard InChI is InChI=1S/C12H18ClN3O2S/c1-15(2)11-5-6-16(9-11)19(17,18)12-4-3-10(7-13)8-14-12/h3-4,8,11H,5-7,9H2,1-2H3. The van der Waals surface area contributed by atoms with E-state index in [1.54, 1.807) is 6.07 Å². The Balaban J connectivity index is 2.18. The lowest BCUT2D eigenvalue weighted by Crippen LogP contribution is -2.34. The van der Waals surface area contributed by atoms with Crippen LogP contribution in [-0.4, -0.2) is 55.8 Å². The molecule has 2 rings (SSSR count). The van der Waals surface area contributed by atoms with Crippen molar-refractivity contribution in [3.63, 3.8) is 0 Å². The quantitative estimate of drug-likeness (QED) is 0.783. The minimum Gasteiger partial charge on any atom is -0.305 e. The molecule has 106 valence electrons. The van der Waals surface area contributed by atoms with Crippen molar-refractivity contribution in [1.82, 2.24) is 14.2 Å². The van der Waals surface area contributed by atoms with E-state index in [4.69, 9.17) is 11.6 Å². The van der Waals surface area contributed by atoms with E-state index in [0.717, 1.165) is 12.0 Å². The molecule has 1 fully saturated rings. The highest BCUT2D eigenvalue weighted by atomic mass is 35.5. The first-order valence-electron chi connectivity index (χ1n) is 6.12. The van der Waals surface area contributed by atoms with Crippen molar-refractivity contribution in [2.45, 2.75) is 23.4 Å². The molecular formula is C12H18ClN3O2S. The summed E-state index contributed by atoms with van der Waals surface area (Å²) in [5.74, 6) is 0.333. The second-order valence-electron chi connectivity index (χ2n) is 4.91. The van der Waals surface area contributed by atoms with Crippen LogP contribution in [0.1, 0.15) is 12.0 Å². The molecule has 1 aromatic rings. The van der Waals surface area contributed by atoms with Gasteiger partial charge in [0, 0.05) is 31.2 Å². The summed E-state index contributed by atoms with van der Waals surface area (Å²) in [6.45, 7) is 1.07. The van der Waals surface area contributed by atoms with E-state index in [1.807, 2.05) is 14.1 Å². The summed E-state index contributed by atoms with van der Waals surface area (Å²) < 4.78 is 26.3. The predicted octanol–water partition coefficient (Wildman–Crippen LogP) is 1.14. The molecular weight excluding hydrogens is 286 g/mol. The number of halogens is 1. The van der Waals surface area contributed by atoms with Gasteiger partial charge in [-0.2, -0.15) is 4.31 Å². The number of aromatic nitrogens is 1. The molecule has 1 aliphatic rings. The number of nitrogens with zero attached hydrogens (tertiary/aromatic N) is 3. The van der Waals surface area contributed by atoms with E-state index >= 15 is 0 Å². The van der Waals surface area contributed by atoms with E-state index in [2.05, 4.69) is 9.88 Å². The fraction of sp³-hybridized carbons (Fsp3) is 0.583. The van der Waals surface area contributed by atoms with Gasteiger partial charge in [0.2, 0.25) is 0 Å². The average molecular weight is 304 g/mol. The molecule has 0 radical (unpaired) electrons. The van der Waals surface area contributed by atoms with Crippen molar-refractivity contribution < 1.29 is 8.42 Å². The Morgan fingerprint density at radius 2 is 2.21 bits per heavy atom. The van der Waals surface area contributed by atoms with Crippen LogP contribution in [0.3, 0.4) is 0 Å². The van der Waals surface area contributed by atoms with Crippen molar-refractivity contribution in [3.05, 3.63) is 23.9 Å². The van der Waals surface area contributed by atoms with Crippen LogP contribution in [0.25, 0.3) is 0 Å². The predicted molar refractivity (Wildman–Crippen MR) is 74.6 cm³/mol. The highest BCUT2D eigenvalue weighted by Crippen LogP contribution is 2.21. The number of pyridine rings is 1. The van der Waals surface area contributed by atoms with Gasteiger partial charge in [-0.15, -0.1) is 11.6 Å². The summed E-state index contributed by atoms with van der Waals surface area (Å²) in [5, 5.41) is 0.0979. The largest absolute Gasteiger partial charge is 0.305 e. The van der Waals surface area contributed by atoms with Crippen molar-refractivity contribution >= 4 is 21.6 Å². The second kappa shape index (κ2) is 5.75. The van der Waals surface area contributed by atoms with Gasteiger partial charge in [0.1, 0.15) is 0 Å². The van der Waals surface area contributed by atoms with Crippen LogP contribution in [0.15, 0.2) is 23.4 Å². The van der Waals surface area contributed by atoms with Crippen LogP contribution in [0.5, 0.6) is 0 Å². The fourth-order valence-corrected chi connectivity index (χ4v) is 3.69.